The van der Waals surface area contributed by atoms with Gasteiger partial charge in [0.2, 0.25) is 5.91 Å². The van der Waals surface area contributed by atoms with E-state index in [2.05, 4.69) is 29.3 Å². The molecule has 0 saturated carbocycles. The number of anilines is 1. The summed E-state index contributed by atoms with van der Waals surface area (Å²) in [7, 11) is 0. The first-order chi connectivity index (χ1) is 9.39. The van der Waals surface area contributed by atoms with Gasteiger partial charge >= 0.3 is 0 Å². The van der Waals surface area contributed by atoms with Gasteiger partial charge in [-0.15, -0.1) is 0 Å². The smallest absolute Gasteiger partial charge is 0.237 e. The predicted octanol–water partition coefficient (Wildman–Crippen LogP) is 2.14. The van der Waals surface area contributed by atoms with Crippen LogP contribution in [0.2, 0.25) is 0 Å². The topological polar surface area (TPSA) is 58.4 Å². The van der Waals surface area contributed by atoms with E-state index in [1.165, 1.54) is 5.69 Å². The van der Waals surface area contributed by atoms with Gasteiger partial charge in [-0.1, -0.05) is 18.2 Å². The van der Waals surface area contributed by atoms with Crippen molar-refractivity contribution in [1.82, 2.24) is 5.32 Å². The van der Waals surface area contributed by atoms with Crippen molar-refractivity contribution >= 4 is 11.6 Å². The summed E-state index contributed by atoms with van der Waals surface area (Å²) in [6, 6.07) is 10.4. The quantitative estimate of drug-likeness (QED) is 0.765. The Bertz CT molecular complexity index is 419. The first-order valence-corrected chi connectivity index (χ1v) is 7.26. The Balaban J connectivity index is 2.73. The standard InChI is InChI=1S/C16H27N3O/c1-5-19(14-9-7-6-8-10-14)12-11-16(4,15(17)20)18-13(2)3/h6-10,13,18H,5,11-12H2,1-4H3,(H2,17,20). The molecule has 1 amide bonds. The molecule has 4 nitrogen and oxygen atoms in total. The molecule has 4 heteroatoms. The van der Waals surface area contributed by atoms with Crippen LogP contribution < -0.4 is 16.0 Å². The zero-order valence-corrected chi connectivity index (χ0v) is 13.0. The lowest BCUT2D eigenvalue weighted by molar-refractivity contribution is -0.124. The van der Waals surface area contributed by atoms with E-state index in [-0.39, 0.29) is 11.9 Å². The zero-order valence-electron chi connectivity index (χ0n) is 13.0. The van der Waals surface area contributed by atoms with Crippen LogP contribution in [0.3, 0.4) is 0 Å². The van der Waals surface area contributed by atoms with Crippen LogP contribution >= 0.6 is 0 Å². The van der Waals surface area contributed by atoms with E-state index in [4.69, 9.17) is 5.73 Å². The molecule has 1 unspecified atom stereocenters. The van der Waals surface area contributed by atoms with Gasteiger partial charge in [-0.25, -0.2) is 0 Å². The van der Waals surface area contributed by atoms with E-state index in [1.807, 2.05) is 39.0 Å². The number of rotatable bonds is 8. The molecule has 1 aromatic rings. The summed E-state index contributed by atoms with van der Waals surface area (Å²) < 4.78 is 0. The fourth-order valence-corrected chi connectivity index (χ4v) is 2.37. The van der Waals surface area contributed by atoms with Crippen LogP contribution in [0.25, 0.3) is 0 Å². The maximum Gasteiger partial charge on any atom is 0.237 e. The largest absolute Gasteiger partial charge is 0.372 e. The van der Waals surface area contributed by atoms with Gasteiger partial charge in [0, 0.05) is 24.8 Å². The van der Waals surface area contributed by atoms with Gasteiger partial charge < -0.3 is 16.0 Å². The second-order valence-electron chi connectivity index (χ2n) is 5.66. The molecule has 0 aromatic heterocycles. The average molecular weight is 277 g/mol. The summed E-state index contributed by atoms with van der Waals surface area (Å²) in [5.74, 6) is -0.296. The molecular weight excluding hydrogens is 250 g/mol. The lowest BCUT2D eigenvalue weighted by Gasteiger charge is -2.33. The Kier molecular flexibility index (Phi) is 6.02. The summed E-state index contributed by atoms with van der Waals surface area (Å²) in [5.41, 5.74) is 6.07. The fraction of sp³-hybridized carbons (Fsp3) is 0.562. The molecule has 1 atom stereocenters. The molecule has 0 aliphatic carbocycles. The molecule has 1 rings (SSSR count). The molecule has 112 valence electrons. The Morgan fingerprint density at radius 1 is 1.35 bits per heavy atom. The van der Waals surface area contributed by atoms with Gasteiger partial charge in [0.1, 0.15) is 0 Å². The van der Waals surface area contributed by atoms with Crippen molar-refractivity contribution in [2.45, 2.75) is 45.7 Å². The van der Waals surface area contributed by atoms with Crippen LogP contribution in [0.1, 0.15) is 34.1 Å². The average Bonchev–Trinajstić information content (AvgIpc) is 2.39. The molecule has 1 aromatic carbocycles. The molecule has 0 fully saturated rings. The summed E-state index contributed by atoms with van der Waals surface area (Å²) >= 11 is 0. The van der Waals surface area contributed by atoms with Crippen molar-refractivity contribution in [2.24, 2.45) is 5.73 Å². The number of amides is 1. The number of nitrogens with two attached hydrogens (primary N) is 1. The third-order valence-corrected chi connectivity index (χ3v) is 3.54. The minimum absolute atomic E-state index is 0.222. The minimum atomic E-state index is -0.670. The highest BCUT2D eigenvalue weighted by Gasteiger charge is 2.31. The maximum absolute atomic E-state index is 11.7. The van der Waals surface area contributed by atoms with Gasteiger partial charge in [-0.05, 0) is 46.2 Å². The number of hydrogen-bond acceptors (Lipinski definition) is 3. The van der Waals surface area contributed by atoms with Crippen molar-refractivity contribution in [3.63, 3.8) is 0 Å². The molecule has 0 aliphatic heterocycles. The molecule has 0 saturated heterocycles. The number of primary amides is 1. The molecule has 0 heterocycles. The van der Waals surface area contributed by atoms with Crippen LogP contribution in [0.4, 0.5) is 5.69 Å². The maximum atomic E-state index is 11.7. The van der Waals surface area contributed by atoms with Gasteiger partial charge in [-0.2, -0.15) is 0 Å². The highest BCUT2D eigenvalue weighted by Crippen LogP contribution is 2.17. The van der Waals surface area contributed by atoms with Crippen molar-refractivity contribution in [2.75, 3.05) is 18.0 Å². The molecule has 0 radical (unpaired) electrons. The molecule has 20 heavy (non-hydrogen) atoms. The van der Waals surface area contributed by atoms with E-state index in [1.54, 1.807) is 0 Å². The van der Waals surface area contributed by atoms with Gasteiger partial charge in [0.25, 0.3) is 0 Å². The van der Waals surface area contributed by atoms with Gasteiger partial charge in [-0.3, -0.25) is 4.79 Å². The van der Waals surface area contributed by atoms with E-state index in [0.717, 1.165) is 13.1 Å². The van der Waals surface area contributed by atoms with Crippen LogP contribution in [0.5, 0.6) is 0 Å². The van der Waals surface area contributed by atoms with Crippen LogP contribution in [0, 0.1) is 0 Å². The number of carbonyl (C=O) groups excluding carboxylic acids is 1. The van der Waals surface area contributed by atoms with Gasteiger partial charge in [0.05, 0.1) is 5.54 Å². The summed E-state index contributed by atoms with van der Waals surface area (Å²) in [5, 5.41) is 3.29. The van der Waals surface area contributed by atoms with Crippen LogP contribution in [0.15, 0.2) is 30.3 Å². The number of nitrogens with one attached hydrogen (secondary N) is 1. The third-order valence-electron chi connectivity index (χ3n) is 3.54. The van der Waals surface area contributed by atoms with E-state index < -0.39 is 5.54 Å². The Morgan fingerprint density at radius 2 is 1.95 bits per heavy atom. The molecular formula is C16H27N3O. The highest BCUT2D eigenvalue weighted by molar-refractivity contribution is 5.84. The Labute approximate surface area is 122 Å². The van der Waals surface area contributed by atoms with Gasteiger partial charge in [0.15, 0.2) is 0 Å². The second-order valence-corrected chi connectivity index (χ2v) is 5.66. The molecule has 0 aliphatic rings. The summed E-state index contributed by atoms with van der Waals surface area (Å²) in [6.45, 7) is 9.74. The van der Waals surface area contributed by atoms with Crippen LogP contribution in [-0.4, -0.2) is 30.6 Å². The number of para-hydroxylation sites is 1. The highest BCUT2D eigenvalue weighted by atomic mass is 16.1. The first kappa shape index (κ1) is 16.5. The fourth-order valence-electron chi connectivity index (χ4n) is 2.37. The van der Waals surface area contributed by atoms with Crippen LogP contribution in [-0.2, 0) is 4.79 Å². The molecule has 0 spiro atoms. The zero-order chi connectivity index (χ0) is 15.2. The second kappa shape index (κ2) is 7.29. The monoisotopic (exact) mass is 277 g/mol. The third kappa shape index (κ3) is 4.53. The Morgan fingerprint density at radius 3 is 2.40 bits per heavy atom. The Hall–Kier alpha value is -1.55. The van der Waals surface area contributed by atoms with E-state index >= 15 is 0 Å². The summed E-state index contributed by atoms with van der Waals surface area (Å²) in [6.07, 6.45) is 0.684. The number of carbonyl (C=O) groups is 1. The minimum Gasteiger partial charge on any atom is -0.372 e. The number of hydrogen-bond donors (Lipinski definition) is 2. The first-order valence-electron chi connectivity index (χ1n) is 7.26. The van der Waals surface area contributed by atoms with Crippen molar-refractivity contribution < 1.29 is 4.79 Å². The normalized spacial score (nSPS) is 14.1. The number of nitrogens with zero attached hydrogens (tertiary/aromatic N) is 1. The van der Waals surface area contributed by atoms with E-state index in [9.17, 15) is 4.79 Å². The van der Waals surface area contributed by atoms with Crippen molar-refractivity contribution in [3.8, 4) is 0 Å². The summed E-state index contributed by atoms with van der Waals surface area (Å²) in [4.78, 5) is 14.0. The lowest BCUT2D eigenvalue weighted by atomic mass is 9.95. The van der Waals surface area contributed by atoms with E-state index in [0.29, 0.717) is 6.42 Å². The van der Waals surface area contributed by atoms with Crippen molar-refractivity contribution in [3.05, 3.63) is 30.3 Å². The molecule has 0 bridgehead atoms. The molecule has 3 N–H and O–H groups in total. The van der Waals surface area contributed by atoms with Crippen molar-refractivity contribution in [1.29, 1.82) is 0 Å². The predicted molar refractivity (Wildman–Crippen MR) is 84.8 cm³/mol. The lowest BCUT2D eigenvalue weighted by Crippen LogP contribution is -2.56. The SMILES string of the molecule is CCN(CCC(C)(NC(C)C)C(N)=O)c1ccccc1. The number of benzene rings is 1.